The van der Waals surface area contributed by atoms with Crippen LogP contribution in [0.4, 0.5) is 16.2 Å². The van der Waals surface area contributed by atoms with Crippen molar-refractivity contribution in [3.63, 3.8) is 0 Å². The number of nitrogens with two attached hydrogens (primary N) is 1. The molecule has 2 aromatic heterocycles. The van der Waals surface area contributed by atoms with E-state index in [1.165, 1.54) is 6.92 Å². The Labute approximate surface area is 128 Å². The number of alkyl halides is 1. The summed E-state index contributed by atoms with van der Waals surface area (Å²) in [5.74, 6) is 1.08. The van der Waals surface area contributed by atoms with Crippen LogP contribution in [0.25, 0.3) is 11.3 Å². The first kappa shape index (κ1) is 14.5. The molecular weight excluding hydrogens is 285 g/mol. The molecule has 1 fully saturated rings. The summed E-state index contributed by atoms with van der Waals surface area (Å²) >= 11 is 0. The van der Waals surface area contributed by atoms with Gasteiger partial charge in [0.25, 0.3) is 0 Å². The van der Waals surface area contributed by atoms with E-state index in [1.54, 1.807) is 12.3 Å². The number of rotatable bonds is 4. The predicted octanol–water partition coefficient (Wildman–Crippen LogP) is 2.33. The van der Waals surface area contributed by atoms with Gasteiger partial charge in [-0.2, -0.15) is 0 Å². The van der Waals surface area contributed by atoms with Gasteiger partial charge in [-0.3, -0.25) is 0 Å². The zero-order valence-corrected chi connectivity index (χ0v) is 12.6. The number of hydrogen-bond donors (Lipinski definition) is 1. The standard InChI is InChI=1S/C15H18FN5O/c1-9-6-12(20-15(19-9)21-4-3-5-21)11-7-13(22-10(2)16)14(17)18-8-11/h6-8,10H,3-5H2,1-2H3,(H2,17,18). The molecule has 1 aliphatic heterocycles. The third-order valence-electron chi connectivity index (χ3n) is 3.45. The summed E-state index contributed by atoms with van der Waals surface area (Å²) in [5, 5.41) is 0. The van der Waals surface area contributed by atoms with Crippen molar-refractivity contribution in [2.45, 2.75) is 26.6 Å². The summed E-state index contributed by atoms with van der Waals surface area (Å²) in [5.41, 5.74) is 8.02. The van der Waals surface area contributed by atoms with Gasteiger partial charge in [-0.05, 0) is 25.5 Å². The van der Waals surface area contributed by atoms with E-state index in [4.69, 9.17) is 10.5 Å². The summed E-state index contributed by atoms with van der Waals surface area (Å²) in [6.45, 7) is 5.15. The molecule has 2 aromatic rings. The minimum Gasteiger partial charge on any atom is -0.457 e. The number of nitrogen functional groups attached to an aromatic ring is 1. The summed E-state index contributed by atoms with van der Waals surface area (Å²) < 4.78 is 18.1. The molecule has 0 aromatic carbocycles. The SMILES string of the molecule is Cc1cc(-c2cnc(N)c(OC(C)F)c2)nc(N2CCC2)n1. The fraction of sp³-hybridized carbons (Fsp3) is 0.400. The molecule has 1 saturated heterocycles. The van der Waals surface area contributed by atoms with Crippen molar-refractivity contribution < 1.29 is 9.13 Å². The maximum Gasteiger partial charge on any atom is 0.236 e. The molecule has 0 radical (unpaired) electrons. The Morgan fingerprint density at radius 3 is 2.73 bits per heavy atom. The Bertz CT molecular complexity index is 688. The second kappa shape index (κ2) is 5.75. The fourth-order valence-corrected chi connectivity index (χ4v) is 2.22. The summed E-state index contributed by atoms with van der Waals surface area (Å²) in [6.07, 6.45) is 1.30. The minimum absolute atomic E-state index is 0.155. The van der Waals surface area contributed by atoms with Gasteiger partial charge in [-0.15, -0.1) is 0 Å². The van der Waals surface area contributed by atoms with Gasteiger partial charge in [-0.25, -0.2) is 19.3 Å². The highest BCUT2D eigenvalue weighted by molar-refractivity contribution is 5.65. The van der Waals surface area contributed by atoms with Crippen molar-refractivity contribution in [3.8, 4) is 17.0 Å². The van der Waals surface area contributed by atoms with E-state index in [-0.39, 0.29) is 11.6 Å². The first-order chi connectivity index (χ1) is 10.5. The van der Waals surface area contributed by atoms with E-state index in [1.807, 2.05) is 13.0 Å². The van der Waals surface area contributed by atoms with Gasteiger partial charge < -0.3 is 15.4 Å². The highest BCUT2D eigenvalue weighted by Gasteiger charge is 2.19. The van der Waals surface area contributed by atoms with Crippen molar-refractivity contribution in [2.24, 2.45) is 0 Å². The van der Waals surface area contributed by atoms with Crippen LogP contribution in [-0.4, -0.2) is 34.4 Å². The topological polar surface area (TPSA) is 77.2 Å². The summed E-state index contributed by atoms with van der Waals surface area (Å²) in [4.78, 5) is 15.2. The number of halogens is 1. The van der Waals surface area contributed by atoms with E-state index < -0.39 is 6.36 Å². The average Bonchev–Trinajstić information content (AvgIpc) is 2.38. The maximum absolute atomic E-state index is 13.1. The highest BCUT2D eigenvalue weighted by Crippen LogP contribution is 2.28. The molecule has 1 atom stereocenters. The Balaban J connectivity index is 1.98. The van der Waals surface area contributed by atoms with Crippen LogP contribution >= 0.6 is 0 Å². The fourth-order valence-electron chi connectivity index (χ4n) is 2.22. The lowest BCUT2D eigenvalue weighted by Crippen LogP contribution is -2.38. The monoisotopic (exact) mass is 303 g/mol. The van der Waals surface area contributed by atoms with Crippen LogP contribution in [0.3, 0.4) is 0 Å². The molecule has 22 heavy (non-hydrogen) atoms. The number of anilines is 2. The Morgan fingerprint density at radius 2 is 2.09 bits per heavy atom. The molecule has 0 aliphatic carbocycles. The second-order valence-electron chi connectivity index (χ2n) is 5.30. The molecule has 0 saturated carbocycles. The van der Waals surface area contributed by atoms with Crippen LogP contribution in [0.1, 0.15) is 19.0 Å². The van der Waals surface area contributed by atoms with Gasteiger partial charge >= 0.3 is 0 Å². The Hall–Kier alpha value is -2.44. The lowest BCUT2D eigenvalue weighted by Gasteiger charge is -2.31. The van der Waals surface area contributed by atoms with Crippen LogP contribution in [0, 0.1) is 6.92 Å². The number of pyridine rings is 1. The Morgan fingerprint density at radius 1 is 1.32 bits per heavy atom. The van der Waals surface area contributed by atoms with Gasteiger partial charge in [0.05, 0.1) is 5.69 Å². The van der Waals surface area contributed by atoms with E-state index in [2.05, 4.69) is 19.9 Å². The number of aryl methyl sites for hydroxylation is 1. The molecule has 1 unspecified atom stereocenters. The summed E-state index contributed by atoms with van der Waals surface area (Å²) in [7, 11) is 0. The zero-order valence-electron chi connectivity index (χ0n) is 12.6. The number of hydrogen-bond acceptors (Lipinski definition) is 6. The first-order valence-electron chi connectivity index (χ1n) is 7.20. The zero-order chi connectivity index (χ0) is 15.7. The van der Waals surface area contributed by atoms with E-state index in [9.17, 15) is 4.39 Å². The lowest BCUT2D eigenvalue weighted by atomic mass is 10.1. The van der Waals surface area contributed by atoms with Gasteiger partial charge in [-0.1, -0.05) is 0 Å². The Kier molecular flexibility index (Phi) is 3.79. The summed E-state index contributed by atoms with van der Waals surface area (Å²) in [6, 6.07) is 3.51. The molecule has 2 N–H and O–H groups in total. The third kappa shape index (κ3) is 2.93. The average molecular weight is 303 g/mol. The van der Waals surface area contributed by atoms with Crippen molar-refractivity contribution in [2.75, 3.05) is 23.7 Å². The molecule has 1 aliphatic rings. The van der Waals surface area contributed by atoms with Crippen LogP contribution in [-0.2, 0) is 0 Å². The van der Waals surface area contributed by atoms with Gasteiger partial charge in [0.1, 0.15) is 0 Å². The number of aromatic nitrogens is 3. The molecule has 0 spiro atoms. The van der Waals surface area contributed by atoms with Crippen LogP contribution < -0.4 is 15.4 Å². The van der Waals surface area contributed by atoms with Gasteiger partial charge in [0, 0.05) is 37.5 Å². The molecule has 7 heteroatoms. The van der Waals surface area contributed by atoms with E-state index in [0.29, 0.717) is 5.95 Å². The van der Waals surface area contributed by atoms with E-state index in [0.717, 1.165) is 36.5 Å². The lowest BCUT2D eigenvalue weighted by molar-refractivity contribution is 0.0866. The number of ether oxygens (including phenoxy) is 1. The largest absolute Gasteiger partial charge is 0.457 e. The van der Waals surface area contributed by atoms with Crippen LogP contribution in [0.2, 0.25) is 0 Å². The first-order valence-corrected chi connectivity index (χ1v) is 7.20. The molecule has 116 valence electrons. The predicted molar refractivity (Wildman–Crippen MR) is 82.4 cm³/mol. The molecule has 3 heterocycles. The molecule has 6 nitrogen and oxygen atoms in total. The maximum atomic E-state index is 13.1. The van der Waals surface area contributed by atoms with Crippen LogP contribution in [0.5, 0.6) is 5.75 Å². The molecule has 0 bridgehead atoms. The van der Waals surface area contributed by atoms with Gasteiger partial charge in [0.2, 0.25) is 12.3 Å². The van der Waals surface area contributed by atoms with E-state index >= 15 is 0 Å². The van der Waals surface area contributed by atoms with Crippen molar-refractivity contribution >= 4 is 11.8 Å². The normalized spacial score (nSPS) is 15.3. The van der Waals surface area contributed by atoms with Crippen molar-refractivity contribution in [1.82, 2.24) is 15.0 Å². The van der Waals surface area contributed by atoms with Crippen LogP contribution in [0.15, 0.2) is 18.3 Å². The number of nitrogens with zero attached hydrogens (tertiary/aromatic N) is 4. The van der Waals surface area contributed by atoms with Crippen molar-refractivity contribution in [3.05, 3.63) is 24.0 Å². The molecule has 0 amide bonds. The highest BCUT2D eigenvalue weighted by atomic mass is 19.1. The smallest absolute Gasteiger partial charge is 0.236 e. The minimum atomic E-state index is -1.46. The van der Waals surface area contributed by atoms with Gasteiger partial charge in [0.15, 0.2) is 11.6 Å². The quantitative estimate of drug-likeness (QED) is 0.934. The molecular formula is C15H18FN5O. The van der Waals surface area contributed by atoms with Crippen molar-refractivity contribution in [1.29, 1.82) is 0 Å². The second-order valence-corrected chi connectivity index (χ2v) is 5.30. The third-order valence-corrected chi connectivity index (χ3v) is 3.45. The molecule has 3 rings (SSSR count).